The van der Waals surface area contributed by atoms with Crippen LogP contribution in [0.3, 0.4) is 0 Å². The fourth-order valence-electron chi connectivity index (χ4n) is 1.81. The molecule has 0 aliphatic carbocycles. The molecule has 0 saturated carbocycles. The molecule has 24 heavy (non-hydrogen) atoms. The Morgan fingerprint density at radius 1 is 1.21 bits per heavy atom. The lowest BCUT2D eigenvalue weighted by Crippen LogP contribution is -2.14. The van der Waals surface area contributed by atoms with Crippen molar-refractivity contribution in [2.45, 2.75) is 0 Å². The van der Waals surface area contributed by atoms with Gasteiger partial charge in [0.25, 0.3) is 5.91 Å². The van der Waals surface area contributed by atoms with Crippen LogP contribution in [-0.4, -0.2) is 13.0 Å². The van der Waals surface area contributed by atoms with Crippen molar-refractivity contribution >= 4 is 40.5 Å². The number of ether oxygens (including phenoxy) is 1. The number of nitrogens with one attached hydrogen (secondary N) is 2. The first-order chi connectivity index (χ1) is 11.5. The van der Waals surface area contributed by atoms with Gasteiger partial charge in [-0.05, 0) is 30.3 Å². The van der Waals surface area contributed by atoms with E-state index in [-0.39, 0.29) is 5.57 Å². The molecular formula is C17H13Cl2N3O2. The van der Waals surface area contributed by atoms with Crippen molar-refractivity contribution in [3.8, 4) is 11.8 Å². The first kappa shape index (κ1) is 17.7. The molecule has 0 radical (unpaired) electrons. The molecule has 1 amide bonds. The van der Waals surface area contributed by atoms with Gasteiger partial charge in [-0.1, -0.05) is 35.3 Å². The summed E-state index contributed by atoms with van der Waals surface area (Å²) in [4.78, 5) is 12.1. The lowest BCUT2D eigenvalue weighted by Gasteiger charge is -2.08. The number of halogens is 2. The van der Waals surface area contributed by atoms with E-state index in [1.165, 1.54) is 13.3 Å². The molecule has 0 heterocycles. The molecule has 0 unspecified atom stereocenters. The van der Waals surface area contributed by atoms with Gasteiger partial charge in [0, 0.05) is 11.9 Å². The molecular weight excluding hydrogens is 349 g/mol. The highest BCUT2D eigenvalue weighted by Crippen LogP contribution is 2.27. The molecule has 0 aliphatic rings. The summed E-state index contributed by atoms with van der Waals surface area (Å²) < 4.78 is 5.06. The number of carbonyl (C=O) groups is 1. The average Bonchev–Trinajstić information content (AvgIpc) is 2.57. The summed E-state index contributed by atoms with van der Waals surface area (Å²) in [6, 6.07) is 13.6. The number of nitriles is 1. The molecule has 0 atom stereocenters. The second-order valence-corrected chi connectivity index (χ2v) is 5.41. The van der Waals surface area contributed by atoms with Crippen molar-refractivity contribution < 1.29 is 9.53 Å². The Kier molecular flexibility index (Phi) is 6.07. The van der Waals surface area contributed by atoms with Crippen LogP contribution in [0.4, 0.5) is 11.4 Å². The normalized spacial score (nSPS) is 10.7. The molecule has 2 aromatic carbocycles. The Morgan fingerprint density at radius 3 is 2.58 bits per heavy atom. The van der Waals surface area contributed by atoms with E-state index in [0.717, 1.165) is 0 Å². The number of anilines is 2. The van der Waals surface area contributed by atoms with Gasteiger partial charge in [-0.15, -0.1) is 0 Å². The molecule has 2 aromatic rings. The van der Waals surface area contributed by atoms with Crippen molar-refractivity contribution in [2.24, 2.45) is 0 Å². The molecule has 0 bridgehead atoms. The highest BCUT2D eigenvalue weighted by atomic mass is 35.5. The molecule has 2 N–H and O–H groups in total. The molecule has 0 aromatic heterocycles. The van der Waals surface area contributed by atoms with Crippen molar-refractivity contribution in [2.75, 3.05) is 17.7 Å². The zero-order valence-electron chi connectivity index (χ0n) is 12.6. The Balaban J connectivity index is 2.11. The average molecular weight is 362 g/mol. The van der Waals surface area contributed by atoms with E-state index in [0.29, 0.717) is 27.2 Å². The Labute approximate surface area is 149 Å². The number of benzene rings is 2. The number of rotatable bonds is 5. The van der Waals surface area contributed by atoms with E-state index in [2.05, 4.69) is 10.6 Å². The van der Waals surface area contributed by atoms with Gasteiger partial charge in [-0.3, -0.25) is 4.79 Å². The quantitative estimate of drug-likeness (QED) is 0.608. The van der Waals surface area contributed by atoms with Crippen LogP contribution in [0.15, 0.2) is 54.2 Å². The maximum absolute atomic E-state index is 12.1. The second kappa shape index (κ2) is 8.25. The van der Waals surface area contributed by atoms with Gasteiger partial charge in [-0.2, -0.15) is 5.26 Å². The Morgan fingerprint density at radius 2 is 1.96 bits per heavy atom. The van der Waals surface area contributed by atoms with Crippen LogP contribution >= 0.6 is 23.2 Å². The first-order valence-electron chi connectivity index (χ1n) is 6.81. The Hall–Kier alpha value is -2.68. The monoisotopic (exact) mass is 361 g/mol. The van der Waals surface area contributed by atoms with Crippen molar-refractivity contribution in [1.82, 2.24) is 0 Å². The molecule has 2 rings (SSSR count). The van der Waals surface area contributed by atoms with E-state index < -0.39 is 5.91 Å². The van der Waals surface area contributed by atoms with Gasteiger partial charge in [0.1, 0.15) is 17.4 Å². The number of methoxy groups -OCH3 is 1. The van der Waals surface area contributed by atoms with Crippen LogP contribution in [-0.2, 0) is 4.79 Å². The third kappa shape index (κ3) is 4.42. The number of carbonyl (C=O) groups excluding carboxylic acids is 1. The highest BCUT2D eigenvalue weighted by Gasteiger charge is 2.11. The van der Waals surface area contributed by atoms with E-state index in [1.807, 2.05) is 6.07 Å². The zero-order chi connectivity index (χ0) is 17.5. The van der Waals surface area contributed by atoms with Gasteiger partial charge in [-0.25, -0.2) is 0 Å². The predicted molar refractivity (Wildman–Crippen MR) is 95.4 cm³/mol. The minimum absolute atomic E-state index is 0.109. The Bertz CT molecular complexity index is 829. The lowest BCUT2D eigenvalue weighted by atomic mass is 10.2. The summed E-state index contributed by atoms with van der Waals surface area (Å²) in [7, 11) is 1.51. The third-order valence-electron chi connectivity index (χ3n) is 3.02. The highest BCUT2D eigenvalue weighted by molar-refractivity contribution is 6.34. The van der Waals surface area contributed by atoms with E-state index in [9.17, 15) is 4.79 Å². The number of para-hydroxylation sites is 1. The molecule has 0 spiro atoms. The topological polar surface area (TPSA) is 74.1 Å². The van der Waals surface area contributed by atoms with Gasteiger partial charge >= 0.3 is 0 Å². The molecule has 0 saturated heterocycles. The SMILES string of the molecule is COc1ccc(N/C=C(/C#N)C(=O)Nc2ccccc2Cl)cc1Cl. The molecule has 7 heteroatoms. The standard InChI is InChI=1S/C17H13Cl2N3O2/c1-24-16-7-6-12(8-14(16)19)21-10-11(9-20)17(23)22-15-5-3-2-4-13(15)18/h2-8,10,21H,1H3,(H,22,23)/b11-10-. The van der Waals surface area contributed by atoms with E-state index in [1.54, 1.807) is 42.5 Å². The fraction of sp³-hybridized carbons (Fsp3) is 0.0588. The summed E-state index contributed by atoms with van der Waals surface area (Å²) >= 11 is 12.0. The molecule has 0 aliphatic heterocycles. The first-order valence-corrected chi connectivity index (χ1v) is 7.57. The third-order valence-corrected chi connectivity index (χ3v) is 3.65. The fourth-order valence-corrected chi connectivity index (χ4v) is 2.25. The van der Waals surface area contributed by atoms with Gasteiger partial charge in [0.05, 0.1) is 22.8 Å². The summed E-state index contributed by atoms with van der Waals surface area (Å²) in [6.45, 7) is 0. The number of nitrogens with zero attached hydrogens (tertiary/aromatic N) is 1. The summed E-state index contributed by atoms with van der Waals surface area (Å²) in [6.07, 6.45) is 1.30. The molecule has 122 valence electrons. The van der Waals surface area contributed by atoms with Crippen LogP contribution < -0.4 is 15.4 Å². The van der Waals surface area contributed by atoms with Crippen molar-refractivity contribution in [3.05, 3.63) is 64.3 Å². The maximum atomic E-state index is 12.1. The molecule has 0 fully saturated rings. The lowest BCUT2D eigenvalue weighted by molar-refractivity contribution is -0.112. The summed E-state index contributed by atoms with van der Waals surface area (Å²) in [5, 5.41) is 15.4. The minimum Gasteiger partial charge on any atom is -0.495 e. The number of hydrogen-bond donors (Lipinski definition) is 2. The van der Waals surface area contributed by atoms with Crippen LogP contribution in [0.2, 0.25) is 10.0 Å². The number of amides is 1. The zero-order valence-corrected chi connectivity index (χ0v) is 14.2. The summed E-state index contributed by atoms with van der Waals surface area (Å²) in [5.41, 5.74) is 0.929. The van der Waals surface area contributed by atoms with Crippen LogP contribution in [0.1, 0.15) is 0 Å². The van der Waals surface area contributed by atoms with Gasteiger partial charge < -0.3 is 15.4 Å². The van der Waals surface area contributed by atoms with Crippen LogP contribution in [0.5, 0.6) is 5.75 Å². The van der Waals surface area contributed by atoms with Crippen LogP contribution in [0, 0.1) is 11.3 Å². The minimum atomic E-state index is -0.572. The van der Waals surface area contributed by atoms with Gasteiger partial charge in [0.2, 0.25) is 0 Å². The largest absolute Gasteiger partial charge is 0.495 e. The van der Waals surface area contributed by atoms with Crippen molar-refractivity contribution in [1.29, 1.82) is 5.26 Å². The second-order valence-electron chi connectivity index (χ2n) is 4.60. The smallest absolute Gasteiger partial charge is 0.267 e. The maximum Gasteiger partial charge on any atom is 0.267 e. The van der Waals surface area contributed by atoms with E-state index >= 15 is 0 Å². The van der Waals surface area contributed by atoms with Gasteiger partial charge in [0.15, 0.2) is 0 Å². The predicted octanol–water partition coefficient (Wildman–Crippen LogP) is 4.46. The van der Waals surface area contributed by atoms with Crippen molar-refractivity contribution in [3.63, 3.8) is 0 Å². The summed E-state index contributed by atoms with van der Waals surface area (Å²) in [5.74, 6) is -0.0409. The number of hydrogen-bond acceptors (Lipinski definition) is 4. The van der Waals surface area contributed by atoms with Crippen LogP contribution in [0.25, 0.3) is 0 Å². The van der Waals surface area contributed by atoms with E-state index in [4.69, 9.17) is 33.2 Å². The molecule has 5 nitrogen and oxygen atoms in total.